The molecule has 1 aromatic carbocycles. The van der Waals surface area contributed by atoms with Crippen LogP contribution in [0.1, 0.15) is 36.3 Å². The highest BCUT2D eigenvalue weighted by molar-refractivity contribution is 5.30. The summed E-state index contributed by atoms with van der Waals surface area (Å²) in [5.41, 5.74) is 8.60. The summed E-state index contributed by atoms with van der Waals surface area (Å²) in [6.45, 7) is 2.61. The summed E-state index contributed by atoms with van der Waals surface area (Å²) in [6.07, 6.45) is 4.53. The van der Waals surface area contributed by atoms with Crippen molar-refractivity contribution in [2.75, 3.05) is 19.8 Å². The van der Waals surface area contributed by atoms with E-state index in [9.17, 15) is 0 Å². The Hall–Kier alpha value is -0.860. The number of rotatable bonds is 4. The first-order valence-corrected chi connectivity index (χ1v) is 6.27. The number of aryl methyl sites for hydroxylation is 1. The normalized spacial score (nSPS) is 17.6. The van der Waals surface area contributed by atoms with Crippen molar-refractivity contribution in [3.63, 3.8) is 0 Å². The van der Waals surface area contributed by atoms with E-state index in [1.807, 2.05) is 0 Å². The average Bonchev–Trinajstić information content (AvgIpc) is 2.38. The van der Waals surface area contributed by atoms with Crippen LogP contribution in [0.4, 0.5) is 0 Å². The summed E-state index contributed by atoms with van der Waals surface area (Å²) in [7, 11) is 0. The first-order chi connectivity index (χ1) is 7.92. The quantitative estimate of drug-likeness (QED) is 0.844. The van der Waals surface area contributed by atoms with E-state index in [2.05, 4.69) is 24.3 Å². The van der Waals surface area contributed by atoms with Crippen LogP contribution in [0.3, 0.4) is 0 Å². The monoisotopic (exact) mass is 219 g/mol. The fourth-order valence-electron chi connectivity index (χ4n) is 2.46. The molecule has 0 bridgehead atoms. The van der Waals surface area contributed by atoms with Crippen LogP contribution in [0.15, 0.2) is 24.3 Å². The van der Waals surface area contributed by atoms with Gasteiger partial charge in [-0.1, -0.05) is 24.3 Å². The zero-order valence-corrected chi connectivity index (χ0v) is 9.82. The third-order valence-electron chi connectivity index (χ3n) is 3.37. The number of nitrogens with two attached hydrogens (primary N) is 1. The Morgan fingerprint density at radius 2 is 1.94 bits per heavy atom. The van der Waals surface area contributed by atoms with Crippen molar-refractivity contribution in [2.45, 2.75) is 31.6 Å². The molecule has 2 rings (SSSR count). The lowest BCUT2D eigenvalue weighted by atomic mass is 9.87. The van der Waals surface area contributed by atoms with Gasteiger partial charge < -0.3 is 10.5 Å². The molecule has 0 unspecified atom stereocenters. The average molecular weight is 219 g/mol. The van der Waals surface area contributed by atoms with Crippen LogP contribution in [0.25, 0.3) is 0 Å². The lowest BCUT2D eigenvalue weighted by molar-refractivity contribution is 0.0851. The van der Waals surface area contributed by atoms with Gasteiger partial charge in [0.25, 0.3) is 0 Å². The second kappa shape index (κ2) is 6.02. The minimum atomic E-state index is 0.697. The molecule has 1 aliphatic rings. The predicted molar refractivity (Wildman–Crippen MR) is 66.6 cm³/mol. The number of hydrogen-bond donors (Lipinski definition) is 1. The van der Waals surface area contributed by atoms with Crippen LogP contribution >= 0.6 is 0 Å². The van der Waals surface area contributed by atoms with Crippen LogP contribution in [-0.4, -0.2) is 19.8 Å². The van der Waals surface area contributed by atoms with E-state index in [-0.39, 0.29) is 0 Å². The van der Waals surface area contributed by atoms with Gasteiger partial charge in [0, 0.05) is 13.2 Å². The molecule has 0 aromatic heterocycles. The summed E-state index contributed by atoms with van der Waals surface area (Å²) in [5, 5.41) is 0. The Kier molecular flexibility index (Phi) is 4.37. The van der Waals surface area contributed by atoms with Gasteiger partial charge >= 0.3 is 0 Å². The largest absolute Gasteiger partial charge is 0.381 e. The molecule has 1 aromatic rings. The van der Waals surface area contributed by atoms with Gasteiger partial charge in [0.1, 0.15) is 0 Å². The molecule has 1 fully saturated rings. The Morgan fingerprint density at radius 3 is 2.69 bits per heavy atom. The summed E-state index contributed by atoms with van der Waals surface area (Å²) in [5.74, 6) is 0.697. The molecule has 0 saturated carbocycles. The molecule has 88 valence electrons. The number of benzene rings is 1. The summed E-state index contributed by atoms with van der Waals surface area (Å²) in [6, 6.07) is 8.81. The molecular weight excluding hydrogens is 198 g/mol. The fraction of sp³-hybridized carbons (Fsp3) is 0.571. The Bertz CT molecular complexity index is 318. The minimum absolute atomic E-state index is 0.697. The molecule has 0 radical (unpaired) electrons. The van der Waals surface area contributed by atoms with Crippen LogP contribution in [0, 0.1) is 0 Å². The first kappa shape index (κ1) is 11.6. The van der Waals surface area contributed by atoms with Gasteiger partial charge in [-0.05, 0) is 49.3 Å². The van der Waals surface area contributed by atoms with Gasteiger partial charge in [0.15, 0.2) is 0 Å². The van der Waals surface area contributed by atoms with E-state index >= 15 is 0 Å². The van der Waals surface area contributed by atoms with Crippen molar-refractivity contribution in [3.05, 3.63) is 35.4 Å². The van der Waals surface area contributed by atoms with E-state index < -0.39 is 0 Å². The molecule has 2 N–H and O–H groups in total. The van der Waals surface area contributed by atoms with Crippen LogP contribution < -0.4 is 5.73 Å². The lowest BCUT2D eigenvalue weighted by Gasteiger charge is -2.24. The molecule has 0 aliphatic carbocycles. The maximum atomic E-state index is 5.58. The first-order valence-electron chi connectivity index (χ1n) is 6.27. The van der Waals surface area contributed by atoms with Crippen LogP contribution in [0.2, 0.25) is 0 Å². The SMILES string of the molecule is NCCCc1ccccc1C1CCOCC1. The summed E-state index contributed by atoms with van der Waals surface area (Å²) >= 11 is 0. The van der Waals surface area contributed by atoms with Gasteiger partial charge in [-0.15, -0.1) is 0 Å². The van der Waals surface area contributed by atoms with Gasteiger partial charge in [-0.25, -0.2) is 0 Å². The predicted octanol–water partition coefficient (Wildman–Crippen LogP) is 2.47. The van der Waals surface area contributed by atoms with Gasteiger partial charge in [-0.3, -0.25) is 0 Å². The van der Waals surface area contributed by atoms with Crippen LogP contribution in [0.5, 0.6) is 0 Å². The standard InChI is InChI=1S/C14H21NO/c15-9-3-5-12-4-1-2-6-14(12)13-7-10-16-11-8-13/h1-2,4,6,13H,3,5,7-11,15H2. The number of hydrogen-bond acceptors (Lipinski definition) is 2. The van der Waals surface area contributed by atoms with E-state index in [1.54, 1.807) is 0 Å². The van der Waals surface area contributed by atoms with Crippen molar-refractivity contribution in [1.82, 2.24) is 0 Å². The van der Waals surface area contributed by atoms with Gasteiger partial charge in [0.2, 0.25) is 0 Å². The van der Waals surface area contributed by atoms with E-state index in [0.29, 0.717) is 5.92 Å². The van der Waals surface area contributed by atoms with Crippen molar-refractivity contribution < 1.29 is 4.74 Å². The topological polar surface area (TPSA) is 35.2 Å². The highest BCUT2D eigenvalue weighted by Crippen LogP contribution is 2.29. The van der Waals surface area contributed by atoms with E-state index in [0.717, 1.165) is 32.6 Å². The molecule has 1 aliphatic heterocycles. The smallest absolute Gasteiger partial charge is 0.0471 e. The highest BCUT2D eigenvalue weighted by Gasteiger charge is 2.17. The van der Waals surface area contributed by atoms with E-state index in [1.165, 1.54) is 24.0 Å². The summed E-state index contributed by atoms with van der Waals surface area (Å²) < 4.78 is 5.42. The van der Waals surface area contributed by atoms with Crippen molar-refractivity contribution >= 4 is 0 Å². The fourth-order valence-corrected chi connectivity index (χ4v) is 2.46. The van der Waals surface area contributed by atoms with Crippen molar-refractivity contribution in [1.29, 1.82) is 0 Å². The molecule has 2 heteroatoms. The molecule has 1 saturated heterocycles. The van der Waals surface area contributed by atoms with Crippen molar-refractivity contribution in [2.24, 2.45) is 5.73 Å². The zero-order chi connectivity index (χ0) is 11.2. The van der Waals surface area contributed by atoms with E-state index in [4.69, 9.17) is 10.5 Å². The summed E-state index contributed by atoms with van der Waals surface area (Å²) in [4.78, 5) is 0. The Balaban J connectivity index is 2.11. The second-order valence-corrected chi connectivity index (χ2v) is 4.48. The molecular formula is C14H21NO. The van der Waals surface area contributed by atoms with Crippen LogP contribution in [-0.2, 0) is 11.2 Å². The molecule has 1 heterocycles. The third kappa shape index (κ3) is 2.83. The van der Waals surface area contributed by atoms with Gasteiger partial charge in [0.05, 0.1) is 0 Å². The maximum absolute atomic E-state index is 5.58. The molecule has 2 nitrogen and oxygen atoms in total. The molecule has 0 atom stereocenters. The molecule has 0 amide bonds. The zero-order valence-electron chi connectivity index (χ0n) is 9.82. The Labute approximate surface area is 97.8 Å². The Morgan fingerprint density at radius 1 is 1.19 bits per heavy atom. The van der Waals surface area contributed by atoms with Crippen molar-refractivity contribution in [3.8, 4) is 0 Å². The maximum Gasteiger partial charge on any atom is 0.0471 e. The highest BCUT2D eigenvalue weighted by atomic mass is 16.5. The second-order valence-electron chi connectivity index (χ2n) is 4.48. The third-order valence-corrected chi connectivity index (χ3v) is 3.37. The molecule has 16 heavy (non-hydrogen) atoms. The van der Waals surface area contributed by atoms with Gasteiger partial charge in [-0.2, -0.15) is 0 Å². The minimum Gasteiger partial charge on any atom is -0.381 e. The molecule has 0 spiro atoms. The lowest BCUT2D eigenvalue weighted by Crippen LogP contribution is -2.15. The number of ether oxygens (including phenoxy) is 1.